The second-order valence-corrected chi connectivity index (χ2v) is 3.16. The van der Waals surface area contributed by atoms with Gasteiger partial charge >= 0.3 is 0 Å². The fourth-order valence-electron chi connectivity index (χ4n) is 0.625. The Morgan fingerprint density at radius 2 is 2.64 bits per heavy atom. The lowest BCUT2D eigenvalue weighted by atomic mass is 10.4. The van der Waals surface area contributed by atoms with Gasteiger partial charge in [-0.1, -0.05) is 0 Å². The van der Waals surface area contributed by atoms with Crippen molar-refractivity contribution in [3.8, 4) is 0 Å². The number of anilines is 1. The lowest BCUT2D eigenvalue weighted by molar-refractivity contribution is 0.129. The van der Waals surface area contributed by atoms with Crippen LogP contribution in [0.1, 0.15) is 6.92 Å². The monoisotopic (exact) mass is 172 g/mol. The van der Waals surface area contributed by atoms with Crippen LogP contribution in [0.2, 0.25) is 0 Å². The molecular formula is C7H12N2OS. The van der Waals surface area contributed by atoms with Crippen LogP contribution in [0.3, 0.4) is 0 Å². The SMILES string of the molecule is COC(C)CNc1nccs1. The van der Waals surface area contributed by atoms with Gasteiger partial charge in [0.05, 0.1) is 6.10 Å². The largest absolute Gasteiger partial charge is 0.380 e. The highest BCUT2D eigenvalue weighted by Crippen LogP contribution is 2.09. The summed E-state index contributed by atoms with van der Waals surface area (Å²) in [6.07, 6.45) is 2.02. The van der Waals surface area contributed by atoms with E-state index in [0.717, 1.165) is 11.7 Å². The van der Waals surface area contributed by atoms with Crippen LogP contribution in [0.4, 0.5) is 5.13 Å². The Labute approximate surface area is 70.4 Å². The molecule has 0 aliphatic heterocycles. The van der Waals surface area contributed by atoms with Gasteiger partial charge in [0.25, 0.3) is 0 Å². The van der Waals surface area contributed by atoms with E-state index in [1.54, 1.807) is 24.6 Å². The minimum atomic E-state index is 0.235. The summed E-state index contributed by atoms with van der Waals surface area (Å²) in [5.41, 5.74) is 0. The summed E-state index contributed by atoms with van der Waals surface area (Å²) >= 11 is 1.60. The van der Waals surface area contributed by atoms with Crippen molar-refractivity contribution in [3.05, 3.63) is 11.6 Å². The van der Waals surface area contributed by atoms with Crippen molar-refractivity contribution in [1.29, 1.82) is 0 Å². The molecule has 0 saturated heterocycles. The first kappa shape index (κ1) is 8.49. The summed E-state index contributed by atoms with van der Waals surface area (Å²) in [5.74, 6) is 0. The summed E-state index contributed by atoms with van der Waals surface area (Å²) in [6.45, 7) is 2.82. The minimum Gasteiger partial charge on any atom is -0.380 e. The van der Waals surface area contributed by atoms with Crippen molar-refractivity contribution in [2.45, 2.75) is 13.0 Å². The van der Waals surface area contributed by atoms with E-state index in [4.69, 9.17) is 4.74 Å². The van der Waals surface area contributed by atoms with Crippen molar-refractivity contribution < 1.29 is 4.74 Å². The topological polar surface area (TPSA) is 34.1 Å². The first-order chi connectivity index (χ1) is 5.33. The zero-order valence-corrected chi connectivity index (χ0v) is 7.52. The smallest absolute Gasteiger partial charge is 0.182 e. The highest BCUT2D eigenvalue weighted by molar-refractivity contribution is 7.13. The van der Waals surface area contributed by atoms with Crippen molar-refractivity contribution >= 4 is 16.5 Å². The quantitative estimate of drug-likeness (QED) is 0.749. The van der Waals surface area contributed by atoms with Crippen LogP contribution in [-0.4, -0.2) is 24.7 Å². The number of rotatable bonds is 4. The maximum atomic E-state index is 5.06. The zero-order valence-electron chi connectivity index (χ0n) is 6.70. The molecule has 0 amide bonds. The van der Waals surface area contributed by atoms with Gasteiger partial charge in [0.1, 0.15) is 0 Å². The van der Waals surface area contributed by atoms with Crippen molar-refractivity contribution in [2.75, 3.05) is 19.0 Å². The normalized spacial score (nSPS) is 12.9. The third-order valence-corrected chi connectivity index (χ3v) is 2.11. The highest BCUT2D eigenvalue weighted by atomic mass is 32.1. The first-order valence-electron chi connectivity index (χ1n) is 3.49. The molecule has 1 heterocycles. The van der Waals surface area contributed by atoms with Gasteiger partial charge < -0.3 is 10.1 Å². The fourth-order valence-corrected chi connectivity index (χ4v) is 1.16. The van der Waals surface area contributed by atoms with E-state index < -0.39 is 0 Å². The molecule has 1 unspecified atom stereocenters. The number of nitrogens with one attached hydrogen (secondary N) is 1. The fraction of sp³-hybridized carbons (Fsp3) is 0.571. The van der Waals surface area contributed by atoms with Crippen LogP contribution in [0, 0.1) is 0 Å². The third-order valence-electron chi connectivity index (χ3n) is 1.38. The van der Waals surface area contributed by atoms with Crippen LogP contribution in [0.15, 0.2) is 11.6 Å². The molecule has 0 bridgehead atoms. The maximum Gasteiger partial charge on any atom is 0.182 e. The number of hydrogen-bond acceptors (Lipinski definition) is 4. The van der Waals surface area contributed by atoms with Gasteiger partial charge in [0.15, 0.2) is 5.13 Å². The molecule has 1 rings (SSSR count). The number of methoxy groups -OCH3 is 1. The molecule has 62 valence electrons. The highest BCUT2D eigenvalue weighted by Gasteiger charge is 1.98. The average Bonchev–Trinajstić information content (AvgIpc) is 2.52. The van der Waals surface area contributed by atoms with Gasteiger partial charge in [0.2, 0.25) is 0 Å². The minimum absolute atomic E-state index is 0.235. The molecule has 1 atom stereocenters. The summed E-state index contributed by atoms with van der Waals surface area (Å²) in [5, 5.41) is 6.05. The average molecular weight is 172 g/mol. The molecule has 1 aromatic rings. The molecular weight excluding hydrogens is 160 g/mol. The van der Waals surface area contributed by atoms with E-state index in [1.165, 1.54) is 0 Å². The van der Waals surface area contributed by atoms with Gasteiger partial charge in [-0.25, -0.2) is 4.98 Å². The number of nitrogens with zero attached hydrogens (tertiary/aromatic N) is 1. The molecule has 0 spiro atoms. The first-order valence-corrected chi connectivity index (χ1v) is 4.37. The van der Waals surface area contributed by atoms with Crippen LogP contribution in [-0.2, 0) is 4.74 Å². The number of thiazole rings is 1. The van der Waals surface area contributed by atoms with Crippen LogP contribution in [0.5, 0.6) is 0 Å². The van der Waals surface area contributed by atoms with Gasteiger partial charge in [0, 0.05) is 25.2 Å². The summed E-state index contributed by atoms with van der Waals surface area (Å²) in [6, 6.07) is 0. The Kier molecular flexibility index (Phi) is 3.32. The Hall–Kier alpha value is -0.610. The Bertz CT molecular complexity index is 188. The molecule has 1 aromatic heterocycles. The summed E-state index contributed by atoms with van der Waals surface area (Å²) in [4.78, 5) is 4.07. The molecule has 0 aliphatic carbocycles. The van der Waals surface area contributed by atoms with E-state index in [2.05, 4.69) is 10.3 Å². The van der Waals surface area contributed by atoms with Crippen LogP contribution >= 0.6 is 11.3 Å². The van der Waals surface area contributed by atoms with Gasteiger partial charge in [-0.05, 0) is 6.92 Å². The zero-order chi connectivity index (χ0) is 8.10. The third kappa shape index (κ3) is 2.86. The van der Waals surface area contributed by atoms with Crippen molar-refractivity contribution in [1.82, 2.24) is 4.98 Å². The van der Waals surface area contributed by atoms with Gasteiger partial charge in [-0.3, -0.25) is 0 Å². The van der Waals surface area contributed by atoms with E-state index in [9.17, 15) is 0 Å². The summed E-state index contributed by atoms with van der Waals surface area (Å²) < 4.78 is 5.06. The van der Waals surface area contributed by atoms with Crippen LogP contribution in [0.25, 0.3) is 0 Å². The van der Waals surface area contributed by atoms with E-state index >= 15 is 0 Å². The summed E-state index contributed by atoms with van der Waals surface area (Å²) in [7, 11) is 1.70. The van der Waals surface area contributed by atoms with E-state index in [-0.39, 0.29) is 6.10 Å². The lowest BCUT2D eigenvalue weighted by Crippen LogP contribution is -2.17. The molecule has 4 heteroatoms. The van der Waals surface area contributed by atoms with E-state index in [1.807, 2.05) is 12.3 Å². The molecule has 0 aromatic carbocycles. The van der Waals surface area contributed by atoms with Crippen molar-refractivity contribution in [2.24, 2.45) is 0 Å². The predicted molar refractivity (Wildman–Crippen MR) is 47.1 cm³/mol. The predicted octanol–water partition coefficient (Wildman–Crippen LogP) is 1.59. The van der Waals surface area contributed by atoms with Crippen LogP contribution < -0.4 is 5.32 Å². The molecule has 1 N–H and O–H groups in total. The lowest BCUT2D eigenvalue weighted by Gasteiger charge is -2.08. The Balaban J connectivity index is 2.23. The van der Waals surface area contributed by atoms with Gasteiger partial charge in [-0.2, -0.15) is 0 Å². The second kappa shape index (κ2) is 4.31. The molecule has 3 nitrogen and oxygen atoms in total. The molecule has 11 heavy (non-hydrogen) atoms. The molecule has 0 fully saturated rings. The molecule has 0 saturated carbocycles. The van der Waals surface area contributed by atoms with E-state index in [0.29, 0.717) is 0 Å². The standard InChI is InChI=1S/C7H12N2OS/c1-6(10-2)5-9-7-8-3-4-11-7/h3-4,6H,5H2,1-2H3,(H,8,9). The number of hydrogen-bond donors (Lipinski definition) is 1. The second-order valence-electron chi connectivity index (χ2n) is 2.26. The number of ether oxygens (including phenoxy) is 1. The maximum absolute atomic E-state index is 5.06. The van der Waals surface area contributed by atoms with Crippen molar-refractivity contribution in [3.63, 3.8) is 0 Å². The molecule has 0 radical (unpaired) electrons. The Morgan fingerprint density at radius 3 is 3.18 bits per heavy atom. The Morgan fingerprint density at radius 1 is 1.82 bits per heavy atom. The molecule has 0 aliphatic rings. The van der Waals surface area contributed by atoms with Gasteiger partial charge in [-0.15, -0.1) is 11.3 Å². The number of aromatic nitrogens is 1.